The minimum absolute atomic E-state index is 0. The van der Waals surface area contributed by atoms with E-state index in [1.165, 1.54) is 15.9 Å². The molecular formula is C25H20Cl8MnO2PSn2-. The van der Waals surface area contributed by atoms with E-state index in [4.69, 9.17) is 80.7 Å². The molecule has 0 spiro atoms. The molecule has 39 heavy (non-hydrogen) atoms. The quantitative estimate of drug-likeness (QED) is 0.0851. The average Bonchev–Trinajstić information content (AvgIpc) is 3.48. The van der Waals surface area contributed by atoms with Crippen LogP contribution in [0, 0.1) is 13.3 Å². The molecule has 0 unspecified atom stereocenters. The van der Waals surface area contributed by atoms with Crippen molar-refractivity contribution in [1.82, 2.24) is 0 Å². The second-order valence-electron chi connectivity index (χ2n) is 6.23. The first kappa shape index (κ1) is 44.8. The first-order valence-electron chi connectivity index (χ1n) is 9.99. The summed E-state index contributed by atoms with van der Waals surface area (Å²) in [5.41, 5.74) is 0. The smallest absolute Gasteiger partial charge is 0 e. The van der Waals surface area contributed by atoms with Crippen molar-refractivity contribution in [1.29, 1.82) is 0 Å². The van der Waals surface area contributed by atoms with E-state index in [1.807, 2.05) is 30.3 Å². The van der Waals surface area contributed by atoms with Crippen LogP contribution in [-0.4, -0.2) is 27.7 Å². The predicted octanol–water partition coefficient (Wildman–Crippen LogP) is 9.53. The fraction of sp³-hybridized carbons (Fsp3) is 0. The molecule has 0 bridgehead atoms. The number of benzene rings is 3. The second kappa shape index (κ2) is 26.9. The molecule has 0 N–H and O–H groups in total. The van der Waals surface area contributed by atoms with Crippen LogP contribution in [0.1, 0.15) is 0 Å². The van der Waals surface area contributed by atoms with Crippen LogP contribution in [0.5, 0.6) is 0 Å². The van der Waals surface area contributed by atoms with Gasteiger partial charge in [0, 0.05) is 17.1 Å². The van der Waals surface area contributed by atoms with Crippen molar-refractivity contribution in [3.05, 3.63) is 135 Å². The molecule has 0 aliphatic carbocycles. The standard InChI is InChI=1S/C18H15P.C5H5.2CO.8ClH.Mn.2Sn/c1-4-10-16(11-5-1)19(17-12-6-2-7-13-17)18-14-8-3-9-15-18;1-2-4-5-3-1;2*1-2;;;;;;;;;;;/h1-15H;1-5H;;;8*1H;;;/q;-1;;;;;;;;;;;;2*+4/p-8. The van der Waals surface area contributed by atoms with Gasteiger partial charge in [-0.25, -0.2) is 12.1 Å². The summed E-state index contributed by atoms with van der Waals surface area (Å²) in [6.45, 7) is 9.00. The maximum atomic E-state index is 7.50. The Morgan fingerprint density at radius 2 is 0.744 bits per heavy atom. The molecule has 0 saturated carbocycles. The van der Waals surface area contributed by atoms with Crippen molar-refractivity contribution in [3.8, 4) is 0 Å². The van der Waals surface area contributed by atoms with E-state index in [0.717, 1.165) is 0 Å². The zero-order valence-corrected chi connectivity index (χ0v) is 33.5. The molecule has 2 nitrogen and oxygen atoms in total. The first-order chi connectivity index (χ1) is 17.9. The Labute approximate surface area is 280 Å². The SMILES string of the molecule is [C-]#[O+].[C-]#[O+].[Cl][Sn+]([Cl])[Cl].[Cl][Sn-]([Cl])([Cl])([Cl])[Cl].[Mn].c1cc[cH-]c1.c1ccc(P(c2ccccc2)c2ccccc2)cc1. The van der Waals surface area contributed by atoms with Gasteiger partial charge in [-0.3, -0.25) is 0 Å². The minimum atomic E-state index is -4.40. The molecule has 0 aliphatic heterocycles. The Hall–Kier alpha value is 1.36. The Balaban J connectivity index is -0.000000536. The molecule has 0 aliphatic rings. The summed E-state index contributed by atoms with van der Waals surface area (Å²) < 4.78 is 15.0. The van der Waals surface area contributed by atoms with Crippen LogP contribution in [-0.2, 0) is 26.4 Å². The maximum Gasteiger partial charge on any atom is 0 e. The number of hydrogen-bond donors (Lipinski definition) is 0. The van der Waals surface area contributed by atoms with Gasteiger partial charge in [0.15, 0.2) is 0 Å². The van der Waals surface area contributed by atoms with Crippen molar-refractivity contribution in [2.24, 2.45) is 0 Å². The Kier molecular flexibility index (Phi) is 30.9. The van der Waals surface area contributed by atoms with Gasteiger partial charge in [0.1, 0.15) is 0 Å². The number of rotatable bonds is 3. The van der Waals surface area contributed by atoms with Crippen molar-refractivity contribution < 1.29 is 26.4 Å². The molecule has 4 rings (SSSR count). The third-order valence-electron chi connectivity index (χ3n) is 3.60. The van der Waals surface area contributed by atoms with Gasteiger partial charge in [-0.2, -0.15) is 18.2 Å². The molecule has 0 heterocycles. The first-order valence-corrected chi connectivity index (χ1v) is 40.2. The second-order valence-corrected chi connectivity index (χ2v) is 63.6. The summed E-state index contributed by atoms with van der Waals surface area (Å²) >= 11 is -6.53. The molecule has 0 aromatic heterocycles. The Bertz CT molecular complexity index is 978. The zero-order valence-electron chi connectivity index (χ0n) is 19.7. The molecule has 4 aromatic rings. The summed E-state index contributed by atoms with van der Waals surface area (Å²) in [5, 5.41) is 4.19. The van der Waals surface area contributed by atoms with Gasteiger partial charge < -0.3 is 0 Å². The van der Waals surface area contributed by atoms with Crippen LogP contribution in [0.25, 0.3) is 0 Å². The summed E-state index contributed by atoms with van der Waals surface area (Å²) in [4.78, 5) is 0. The monoisotopic (exact) mass is 958 g/mol. The molecule has 4 aromatic carbocycles. The maximum absolute atomic E-state index is 7.50. The number of hydrogen-bond acceptors (Lipinski definition) is 0. The predicted molar refractivity (Wildman–Crippen MR) is 173 cm³/mol. The molecule has 0 atom stereocenters. The third-order valence-corrected chi connectivity index (χ3v) is 6.04. The van der Waals surface area contributed by atoms with Gasteiger partial charge in [0.2, 0.25) is 0 Å². The van der Waals surface area contributed by atoms with E-state index in [1.54, 1.807) is 0 Å². The van der Waals surface area contributed by atoms with Gasteiger partial charge in [0.25, 0.3) is 0 Å². The van der Waals surface area contributed by atoms with E-state index in [2.05, 4.69) is 104 Å². The fourth-order valence-corrected chi connectivity index (χ4v) is 4.80. The van der Waals surface area contributed by atoms with Gasteiger partial charge in [-0.1, -0.05) is 91.0 Å². The van der Waals surface area contributed by atoms with Crippen LogP contribution in [0.4, 0.5) is 0 Å². The van der Waals surface area contributed by atoms with Crippen LogP contribution < -0.4 is 15.9 Å². The molecule has 0 amide bonds. The van der Waals surface area contributed by atoms with Crippen molar-refractivity contribution in [3.63, 3.8) is 0 Å². The zero-order chi connectivity index (χ0) is 29.5. The van der Waals surface area contributed by atoms with E-state index in [0.29, 0.717) is 0 Å². The number of halogens is 8. The Morgan fingerprint density at radius 1 is 0.538 bits per heavy atom. The topological polar surface area (TPSA) is 39.8 Å². The molecule has 209 valence electrons. The van der Waals surface area contributed by atoms with Gasteiger partial charge >= 0.3 is 122 Å². The molecule has 0 saturated heterocycles. The van der Waals surface area contributed by atoms with E-state index in [9.17, 15) is 0 Å². The van der Waals surface area contributed by atoms with Crippen molar-refractivity contribution >= 4 is 123 Å². The van der Waals surface area contributed by atoms with E-state index >= 15 is 0 Å². The van der Waals surface area contributed by atoms with Crippen molar-refractivity contribution in [2.75, 3.05) is 0 Å². The summed E-state index contributed by atoms with van der Waals surface area (Å²) in [7, 11) is 39.8. The normalized spacial score (nSPS) is 9.92. The molecular weight excluding hydrogens is 939 g/mol. The average molecular weight is 959 g/mol. The molecule has 0 fully saturated rings. The summed E-state index contributed by atoms with van der Waals surface area (Å²) in [6, 6.07) is 42.3. The van der Waals surface area contributed by atoms with Crippen LogP contribution in [0.3, 0.4) is 0 Å². The third kappa shape index (κ3) is 30.6. The van der Waals surface area contributed by atoms with Crippen molar-refractivity contribution in [2.45, 2.75) is 0 Å². The van der Waals surface area contributed by atoms with E-state index < -0.39 is 35.7 Å². The summed E-state index contributed by atoms with van der Waals surface area (Å²) in [5.74, 6) is 0. The van der Waals surface area contributed by atoms with E-state index in [-0.39, 0.29) is 17.1 Å². The van der Waals surface area contributed by atoms with Gasteiger partial charge in [-0.05, 0) is 23.8 Å². The van der Waals surface area contributed by atoms with Crippen LogP contribution in [0.15, 0.2) is 121 Å². The van der Waals surface area contributed by atoms with Crippen LogP contribution >= 0.6 is 79.3 Å². The minimum Gasteiger partial charge on any atom is -0.214 e. The molecule has 14 heteroatoms. The van der Waals surface area contributed by atoms with Crippen LogP contribution in [0.2, 0.25) is 0 Å². The van der Waals surface area contributed by atoms with Gasteiger partial charge in [-0.15, -0.1) is 0 Å². The largest absolute Gasteiger partial charge is 0.214 e. The fourth-order valence-electron chi connectivity index (χ4n) is 2.50. The molecule has 1 radical (unpaired) electrons. The summed E-state index contributed by atoms with van der Waals surface area (Å²) in [6.07, 6.45) is 0. The Morgan fingerprint density at radius 3 is 0.897 bits per heavy atom. The van der Waals surface area contributed by atoms with Gasteiger partial charge in [0.05, 0.1) is 0 Å².